The summed E-state index contributed by atoms with van der Waals surface area (Å²) < 4.78 is 6.05. The molecule has 0 spiro atoms. The van der Waals surface area contributed by atoms with Crippen molar-refractivity contribution < 1.29 is 4.74 Å². The molecule has 0 fully saturated rings. The van der Waals surface area contributed by atoms with Gasteiger partial charge < -0.3 is 4.74 Å². The van der Waals surface area contributed by atoms with Gasteiger partial charge in [0.1, 0.15) is 11.6 Å². The van der Waals surface area contributed by atoms with E-state index < -0.39 is 0 Å². The molecule has 0 saturated heterocycles. The molecule has 92 valence electrons. The Morgan fingerprint density at radius 1 is 1.33 bits per heavy atom. The number of ether oxygens (including phenoxy) is 1. The van der Waals surface area contributed by atoms with Crippen LogP contribution in [0.15, 0.2) is 52.2 Å². The Kier molecular flexibility index (Phi) is 4.30. The van der Waals surface area contributed by atoms with Gasteiger partial charge >= 0.3 is 0 Å². The number of hydrazone groups is 1. The minimum Gasteiger partial charge on any atom is -0.496 e. The lowest BCUT2D eigenvalue weighted by Crippen LogP contribution is -1.93. The van der Waals surface area contributed by atoms with Crippen LogP contribution in [0.25, 0.3) is 0 Å². The summed E-state index contributed by atoms with van der Waals surface area (Å²) in [4.78, 5) is 4.10. The molecule has 1 heterocycles. The Morgan fingerprint density at radius 3 is 2.89 bits per heavy atom. The van der Waals surface area contributed by atoms with E-state index in [0.29, 0.717) is 5.82 Å². The number of hydrogen-bond donors (Lipinski definition) is 1. The van der Waals surface area contributed by atoms with E-state index in [4.69, 9.17) is 4.74 Å². The first-order chi connectivity index (χ1) is 8.79. The molecule has 18 heavy (non-hydrogen) atoms. The molecule has 1 N–H and O–H groups in total. The molecule has 0 bridgehead atoms. The van der Waals surface area contributed by atoms with E-state index in [-0.39, 0.29) is 0 Å². The molecule has 2 rings (SSSR count). The number of hydrogen-bond acceptors (Lipinski definition) is 4. The van der Waals surface area contributed by atoms with Crippen molar-refractivity contribution in [3.8, 4) is 5.75 Å². The lowest BCUT2D eigenvalue weighted by atomic mass is 10.2. The average Bonchev–Trinajstić information content (AvgIpc) is 2.40. The molecule has 0 amide bonds. The molecule has 0 unspecified atom stereocenters. The topological polar surface area (TPSA) is 46.5 Å². The van der Waals surface area contributed by atoms with Gasteiger partial charge in [0.2, 0.25) is 0 Å². The summed E-state index contributed by atoms with van der Waals surface area (Å²) in [6.45, 7) is 0. The van der Waals surface area contributed by atoms with Crippen LogP contribution in [0.5, 0.6) is 5.75 Å². The fourth-order valence-electron chi connectivity index (χ4n) is 1.36. The number of methoxy groups -OCH3 is 1. The van der Waals surface area contributed by atoms with Gasteiger partial charge in [-0.25, -0.2) is 4.98 Å². The minimum atomic E-state index is 0.710. The van der Waals surface area contributed by atoms with Gasteiger partial charge in [-0.3, -0.25) is 5.43 Å². The van der Waals surface area contributed by atoms with Crippen LogP contribution in [0.3, 0.4) is 0 Å². The Hall–Kier alpha value is -1.88. The average molecular weight is 306 g/mol. The monoisotopic (exact) mass is 305 g/mol. The van der Waals surface area contributed by atoms with E-state index in [2.05, 4.69) is 31.4 Å². The highest BCUT2D eigenvalue weighted by Crippen LogP contribution is 2.24. The lowest BCUT2D eigenvalue weighted by molar-refractivity contribution is 0.412. The molecule has 0 aliphatic carbocycles. The van der Waals surface area contributed by atoms with Gasteiger partial charge in [-0.1, -0.05) is 6.07 Å². The Bertz CT molecular complexity index is 543. The molecule has 0 atom stereocenters. The fraction of sp³-hybridized carbons (Fsp3) is 0.0769. The largest absolute Gasteiger partial charge is 0.496 e. The van der Waals surface area contributed by atoms with Crippen LogP contribution in [-0.2, 0) is 0 Å². The summed E-state index contributed by atoms with van der Waals surface area (Å²) in [7, 11) is 1.64. The first-order valence-corrected chi connectivity index (χ1v) is 6.12. The second kappa shape index (κ2) is 6.16. The van der Waals surface area contributed by atoms with Crippen molar-refractivity contribution in [3.05, 3.63) is 52.6 Å². The minimum absolute atomic E-state index is 0.710. The van der Waals surface area contributed by atoms with Crippen molar-refractivity contribution in [1.82, 2.24) is 4.98 Å². The van der Waals surface area contributed by atoms with Crippen LogP contribution in [0.1, 0.15) is 5.56 Å². The number of nitrogens with zero attached hydrogens (tertiary/aromatic N) is 2. The summed E-state index contributed by atoms with van der Waals surface area (Å²) in [5.74, 6) is 1.51. The van der Waals surface area contributed by atoms with Gasteiger partial charge in [0, 0.05) is 6.20 Å². The van der Waals surface area contributed by atoms with E-state index in [0.717, 1.165) is 15.8 Å². The highest BCUT2D eigenvalue weighted by Gasteiger charge is 1.99. The third-order valence-electron chi connectivity index (χ3n) is 2.23. The lowest BCUT2D eigenvalue weighted by Gasteiger charge is -2.03. The molecule has 1 aromatic heterocycles. The number of anilines is 1. The van der Waals surface area contributed by atoms with Crippen molar-refractivity contribution in [2.24, 2.45) is 5.10 Å². The molecule has 0 aliphatic rings. The van der Waals surface area contributed by atoms with Crippen molar-refractivity contribution in [2.75, 3.05) is 12.5 Å². The van der Waals surface area contributed by atoms with E-state index in [1.165, 1.54) is 0 Å². The molecule has 0 saturated carbocycles. The number of rotatable bonds is 4. The normalized spacial score (nSPS) is 10.6. The van der Waals surface area contributed by atoms with Crippen molar-refractivity contribution in [3.63, 3.8) is 0 Å². The first kappa shape index (κ1) is 12.6. The van der Waals surface area contributed by atoms with E-state index in [9.17, 15) is 0 Å². The molecule has 2 aromatic rings. The molecular weight excluding hydrogens is 294 g/mol. The van der Waals surface area contributed by atoms with Gasteiger partial charge in [-0.05, 0) is 51.8 Å². The van der Waals surface area contributed by atoms with Crippen molar-refractivity contribution in [1.29, 1.82) is 0 Å². The number of pyridine rings is 1. The Labute approximate surface area is 114 Å². The maximum Gasteiger partial charge on any atom is 0.146 e. The summed E-state index contributed by atoms with van der Waals surface area (Å²) >= 11 is 3.42. The smallest absolute Gasteiger partial charge is 0.146 e. The number of halogens is 1. The van der Waals surface area contributed by atoms with Gasteiger partial charge in [-0.2, -0.15) is 5.10 Å². The predicted octanol–water partition coefficient (Wildman–Crippen LogP) is 3.30. The van der Waals surface area contributed by atoms with Crippen LogP contribution >= 0.6 is 15.9 Å². The number of aromatic nitrogens is 1. The maximum atomic E-state index is 5.16. The van der Waals surface area contributed by atoms with Gasteiger partial charge in [0.05, 0.1) is 17.8 Å². The first-order valence-electron chi connectivity index (χ1n) is 5.33. The second-order valence-corrected chi connectivity index (χ2v) is 4.33. The van der Waals surface area contributed by atoms with Gasteiger partial charge in [-0.15, -0.1) is 0 Å². The third-order valence-corrected chi connectivity index (χ3v) is 2.85. The van der Waals surface area contributed by atoms with Crippen LogP contribution in [-0.4, -0.2) is 18.3 Å². The Balaban J connectivity index is 2.03. The molecule has 0 aliphatic heterocycles. The standard InChI is InChI=1S/C13H12BrN3O/c1-18-12-6-5-10(8-11(12)14)9-16-17-13-4-2-3-7-15-13/h2-9H,1H3,(H,15,17)/b16-9-. The quantitative estimate of drug-likeness (QED) is 0.696. The van der Waals surface area contributed by atoms with E-state index >= 15 is 0 Å². The molecular formula is C13H12BrN3O. The molecule has 5 heteroatoms. The van der Waals surface area contributed by atoms with Crippen LogP contribution in [0.4, 0.5) is 5.82 Å². The molecule has 1 aromatic carbocycles. The fourth-order valence-corrected chi connectivity index (χ4v) is 1.92. The summed E-state index contributed by atoms with van der Waals surface area (Å²) in [5, 5.41) is 4.11. The predicted molar refractivity (Wildman–Crippen MR) is 76.1 cm³/mol. The Morgan fingerprint density at radius 2 is 2.22 bits per heavy atom. The molecule has 4 nitrogen and oxygen atoms in total. The van der Waals surface area contributed by atoms with Crippen LogP contribution in [0, 0.1) is 0 Å². The number of nitrogens with one attached hydrogen (secondary N) is 1. The summed E-state index contributed by atoms with van der Waals surface area (Å²) in [6, 6.07) is 11.3. The maximum absolute atomic E-state index is 5.16. The highest BCUT2D eigenvalue weighted by atomic mass is 79.9. The zero-order chi connectivity index (χ0) is 12.8. The van der Waals surface area contributed by atoms with Gasteiger partial charge in [0.15, 0.2) is 0 Å². The van der Waals surface area contributed by atoms with Crippen LogP contribution in [0.2, 0.25) is 0 Å². The number of benzene rings is 1. The van der Waals surface area contributed by atoms with Crippen molar-refractivity contribution >= 4 is 28.0 Å². The summed E-state index contributed by atoms with van der Waals surface area (Å²) in [5.41, 5.74) is 3.82. The van der Waals surface area contributed by atoms with E-state index in [1.54, 1.807) is 19.5 Å². The third kappa shape index (κ3) is 3.30. The highest BCUT2D eigenvalue weighted by molar-refractivity contribution is 9.10. The van der Waals surface area contributed by atoms with Crippen LogP contribution < -0.4 is 10.2 Å². The second-order valence-electron chi connectivity index (χ2n) is 3.48. The zero-order valence-corrected chi connectivity index (χ0v) is 11.4. The zero-order valence-electron chi connectivity index (χ0n) is 9.80. The summed E-state index contributed by atoms with van der Waals surface area (Å²) in [6.07, 6.45) is 3.43. The molecule has 0 radical (unpaired) electrons. The van der Waals surface area contributed by atoms with Gasteiger partial charge in [0.25, 0.3) is 0 Å². The van der Waals surface area contributed by atoms with Crippen molar-refractivity contribution in [2.45, 2.75) is 0 Å². The van der Waals surface area contributed by atoms with E-state index in [1.807, 2.05) is 36.4 Å². The SMILES string of the molecule is COc1ccc(/C=N\Nc2ccccn2)cc1Br.